The maximum atomic E-state index is 10.4. The van der Waals surface area contributed by atoms with Gasteiger partial charge in [-0.25, -0.2) is 0 Å². The average Bonchev–Trinajstić information content (AvgIpc) is 2.67. The zero-order chi connectivity index (χ0) is 9.10. The molecule has 0 amide bonds. The van der Waals surface area contributed by atoms with E-state index in [9.17, 15) is 4.79 Å². The molecule has 1 fully saturated rings. The van der Waals surface area contributed by atoms with Crippen LogP contribution in [0.15, 0.2) is 10.6 Å². The molecule has 0 bridgehead atoms. The summed E-state index contributed by atoms with van der Waals surface area (Å²) in [4.78, 5) is 10.4. The Morgan fingerprint density at radius 2 is 2.23 bits per heavy atom. The summed E-state index contributed by atoms with van der Waals surface area (Å²) < 4.78 is 10.3. The van der Waals surface area contributed by atoms with Crippen molar-refractivity contribution in [2.24, 2.45) is 0 Å². The van der Waals surface area contributed by atoms with E-state index in [-0.39, 0.29) is 0 Å². The largest absolute Gasteiger partial charge is 0.381 e. The third-order valence-corrected chi connectivity index (χ3v) is 2.29. The Labute approximate surface area is 75.9 Å². The first-order valence-electron chi connectivity index (χ1n) is 4.39. The van der Waals surface area contributed by atoms with Crippen LogP contribution in [-0.2, 0) is 4.74 Å². The average molecular weight is 181 g/mol. The van der Waals surface area contributed by atoms with Gasteiger partial charge in [-0.1, -0.05) is 5.16 Å². The van der Waals surface area contributed by atoms with Crippen molar-refractivity contribution in [1.82, 2.24) is 5.16 Å². The van der Waals surface area contributed by atoms with E-state index in [2.05, 4.69) is 5.16 Å². The summed E-state index contributed by atoms with van der Waals surface area (Å²) in [5.41, 5.74) is 0.376. The highest BCUT2D eigenvalue weighted by molar-refractivity contribution is 5.71. The highest BCUT2D eigenvalue weighted by Crippen LogP contribution is 2.26. The summed E-state index contributed by atoms with van der Waals surface area (Å²) in [5.74, 6) is 1.18. The molecular formula is C9H11NO3. The van der Waals surface area contributed by atoms with E-state index in [0.29, 0.717) is 17.9 Å². The maximum absolute atomic E-state index is 10.4. The quantitative estimate of drug-likeness (QED) is 0.647. The predicted octanol–water partition coefficient (Wildman–Crippen LogP) is 1.38. The van der Waals surface area contributed by atoms with Crippen molar-refractivity contribution in [2.75, 3.05) is 13.2 Å². The van der Waals surface area contributed by atoms with Gasteiger partial charge in [-0.15, -0.1) is 0 Å². The van der Waals surface area contributed by atoms with Crippen LogP contribution in [0.2, 0.25) is 0 Å². The molecule has 4 heteroatoms. The minimum atomic E-state index is 0.370. The summed E-state index contributed by atoms with van der Waals surface area (Å²) in [7, 11) is 0. The lowest BCUT2D eigenvalue weighted by molar-refractivity contribution is 0.0790. The minimum absolute atomic E-state index is 0.370. The molecule has 0 spiro atoms. The predicted molar refractivity (Wildman–Crippen MR) is 44.7 cm³/mol. The van der Waals surface area contributed by atoms with Gasteiger partial charge in [-0.2, -0.15) is 0 Å². The van der Waals surface area contributed by atoms with Crippen LogP contribution in [0.25, 0.3) is 0 Å². The van der Waals surface area contributed by atoms with Gasteiger partial charge in [0.05, 0.1) is 0 Å². The molecule has 1 aliphatic rings. The molecule has 1 aromatic rings. The van der Waals surface area contributed by atoms with Gasteiger partial charge in [0.2, 0.25) is 0 Å². The van der Waals surface area contributed by atoms with Gasteiger partial charge < -0.3 is 9.26 Å². The van der Waals surface area contributed by atoms with Crippen LogP contribution in [0.3, 0.4) is 0 Å². The smallest absolute Gasteiger partial charge is 0.171 e. The highest BCUT2D eigenvalue weighted by atomic mass is 16.5. The third kappa shape index (κ3) is 1.78. The zero-order valence-electron chi connectivity index (χ0n) is 7.23. The van der Waals surface area contributed by atoms with Crippen LogP contribution in [-0.4, -0.2) is 24.7 Å². The monoisotopic (exact) mass is 181 g/mol. The number of ether oxygens (including phenoxy) is 1. The third-order valence-electron chi connectivity index (χ3n) is 2.29. The number of hydrogen-bond acceptors (Lipinski definition) is 4. The van der Waals surface area contributed by atoms with Gasteiger partial charge in [0.1, 0.15) is 11.5 Å². The van der Waals surface area contributed by atoms with E-state index >= 15 is 0 Å². The number of aldehydes is 1. The molecule has 0 radical (unpaired) electrons. The zero-order valence-corrected chi connectivity index (χ0v) is 7.23. The first-order valence-corrected chi connectivity index (χ1v) is 4.39. The van der Waals surface area contributed by atoms with Gasteiger partial charge in [0.25, 0.3) is 0 Å². The lowest BCUT2D eigenvalue weighted by atomic mass is 9.97. The van der Waals surface area contributed by atoms with Crippen LogP contribution < -0.4 is 0 Å². The maximum Gasteiger partial charge on any atom is 0.171 e. The Bertz CT molecular complexity index is 289. The van der Waals surface area contributed by atoms with E-state index in [0.717, 1.165) is 31.8 Å². The first-order chi connectivity index (χ1) is 6.40. The molecule has 13 heavy (non-hydrogen) atoms. The van der Waals surface area contributed by atoms with Crippen molar-refractivity contribution in [3.05, 3.63) is 17.5 Å². The standard InChI is InChI=1S/C9H11NO3/c11-6-8-5-9(13-10-8)7-1-3-12-4-2-7/h5-7H,1-4H2. The van der Waals surface area contributed by atoms with Crippen LogP contribution in [0.5, 0.6) is 0 Å². The van der Waals surface area contributed by atoms with Crippen LogP contribution in [0.4, 0.5) is 0 Å². The van der Waals surface area contributed by atoms with Crippen LogP contribution >= 0.6 is 0 Å². The lowest BCUT2D eigenvalue weighted by Gasteiger charge is -2.18. The Morgan fingerprint density at radius 1 is 1.46 bits per heavy atom. The fourth-order valence-corrected chi connectivity index (χ4v) is 1.53. The summed E-state index contributed by atoms with van der Waals surface area (Å²) in [6.07, 6.45) is 2.60. The summed E-state index contributed by atoms with van der Waals surface area (Å²) in [5, 5.41) is 3.63. The van der Waals surface area contributed by atoms with Crippen molar-refractivity contribution < 1.29 is 14.1 Å². The van der Waals surface area contributed by atoms with Gasteiger partial charge in [0.15, 0.2) is 6.29 Å². The molecule has 0 saturated carbocycles. The summed E-state index contributed by atoms with van der Waals surface area (Å²) in [6.45, 7) is 1.53. The minimum Gasteiger partial charge on any atom is -0.381 e. The SMILES string of the molecule is O=Cc1cc(C2CCOCC2)on1. The number of rotatable bonds is 2. The number of hydrogen-bond donors (Lipinski definition) is 0. The van der Waals surface area contributed by atoms with E-state index < -0.39 is 0 Å². The molecule has 0 unspecified atom stereocenters. The molecule has 0 N–H and O–H groups in total. The molecule has 2 heterocycles. The molecule has 2 rings (SSSR count). The number of carbonyl (C=O) groups is 1. The summed E-state index contributed by atoms with van der Waals surface area (Å²) in [6, 6.07) is 1.71. The highest BCUT2D eigenvalue weighted by Gasteiger charge is 2.19. The fraction of sp³-hybridized carbons (Fsp3) is 0.556. The molecule has 1 saturated heterocycles. The van der Waals surface area contributed by atoms with Crippen molar-refractivity contribution >= 4 is 6.29 Å². The van der Waals surface area contributed by atoms with Gasteiger partial charge >= 0.3 is 0 Å². The topological polar surface area (TPSA) is 52.3 Å². The second-order valence-corrected chi connectivity index (χ2v) is 3.16. The molecule has 1 aliphatic heterocycles. The van der Waals surface area contributed by atoms with Crippen LogP contribution in [0.1, 0.15) is 35.0 Å². The van der Waals surface area contributed by atoms with Gasteiger partial charge in [-0.3, -0.25) is 4.79 Å². The Balaban J connectivity index is 2.09. The number of carbonyl (C=O) groups excluding carboxylic acids is 1. The normalized spacial score (nSPS) is 18.8. The molecule has 70 valence electrons. The Kier molecular flexibility index (Phi) is 2.40. The van der Waals surface area contributed by atoms with Crippen LogP contribution in [0, 0.1) is 0 Å². The van der Waals surface area contributed by atoms with Gasteiger partial charge in [0, 0.05) is 25.2 Å². The molecule has 0 aromatic carbocycles. The first kappa shape index (κ1) is 8.44. The molecule has 4 nitrogen and oxygen atoms in total. The second-order valence-electron chi connectivity index (χ2n) is 3.16. The van der Waals surface area contributed by atoms with Crippen molar-refractivity contribution in [2.45, 2.75) is 18.8 Å². The lowest BCUT2D eigenvalue weighted by Crippen LogP contribution is -2.13. The number of nitrogens with zero attached hydrogens (tertiary/aromatic N) is 1. The molecule has 0 aliphatic carbocycles. The van der Waals surface area contributed by atoms with E-state index in [1.54, 1.807) is 6.07 Å². The van der Waals surface area contributed by atoms with Gasteiger partial charge in [-0.05, 0) is 12.8 Å². The van der Waals surface area contributed by atoms with E-state index in [1.807, 2.05) is 0 Å². The second kappa shape index (κ2) is 3.70. The molecular weight excluding hydrogens is 170 g/mol. The fourth-order valence-electron chi connectivity index (χ4n) is 1.53. The van der Waals surface area contributed by atoms with Crippen molar-refractivity contribution in [1.29, 1.82) is 0 Å². The van der Waals surface area contributed by atoms with E-state index in [1.165, 1.54) is 0 Å². The Hall–Kier alpha value is -1.16. The molecule has 1 aromatic heterocycles. The van der Waals surface area contributed by atoms with Crippen molar-refractivity contribution in [3.8, 4) is 0 Å². The Morgan fingerprint density at radius 3 is 2.85 bits per heavy atom. The molecule has 0 atom stereocenters. The summed E-state index contributed by atoms with van der Waals surface area (Å²) >= 11 is 0. The van der Waals surface area contributed by atoms with Crippen molar-refractivity contribution in [3.63, 3.8) is 0 Å². The number of aromatic nitrogens is 1. The van der Waals surface area contributed by atoms with E-state index in [4.69, 9.17) is 9.26 Å².